The summed E-state index contributed by atoms with van der Waals surface area (Å²) in [7, 11) is 1.46. The van der Waals surface area contributed by atoms with Crippen LogP contribution in [0.25, 0.3) is 10.9 Å². The standard InChI is InChI=1S/C18H19FN4O/c1-24-18-8-14-16(9-15(18)19)21-5-4-17(14)22-6-7-23(12-2-3-12)13(10-20)11-22/h4-5,8-9,12-13H,2-3,6-7,11H2,1H3. The minimum Gasteiger partial charge on any atom is -0.494 e. The Morgan fingerprint density at radius 3 is 2.88 bits per heavy atom. The quantitative estimate of drug-likeness (QED) is 0.868. The van der Waals surface area contributed by atoms with Crippen molar-refractivity contribution < 1.29 is 9.13 Å². The van der Waals surface area contributed by atoms with Gasteiger partial charge in [-0.05, 0) is 25.0 Å². The van der Waals surface area contributed by atoms with Gasteiger partial charge in [-0.25, -0.2) is 4.39 Å². The summed E-state index contributed by atoms with van der Waals surface area (Å²) in [6.45, 7) is 2.39. The van der Waals surface area contributed by atoms with Crippen molar-refractivity contribution in [1.82, 2.24) is 9.88 Å². The summed E-state index contributed by atoms with van der Waals surface area (Å²) in [5, 5.41) is 10.4. The van der Waals surface area contributed by atoms with E-state index in [1.165, 1.54) is 26.0 Å². The fourth-order valence-corrected chi connectivity index (χ4v) is 3.54. The van der Waals surface area contributed by atoms with Gasteiger partial charge < -0.3 is 9.64 Å². The molecule has 0 N–H and O–H groups in total. The second kappa shape index (κ2) is 5.91. The number of rotatable bonds is 3. The minimum absolute atomic E-state index is 0.100. The van der Waals surface area contributed by atoms with E-state index in [0.717, 1.165) is 24.2 Å². The van der Waals surface area contributed by atoms with E-state index in [-0.39, 0.29) is 11.8 Å². The van der Waals surface area contributed by atoms with Crippen molar-refractivity contribution in [3.63, 3.8) is 0 Å². The number of fused-ring (bicyclic) bond motifs is 1. The molecule has 0 bridgehead atoms. The molecule has 2 fully saturated rings. The Labute approximate surface area is 140 Å². The maximum atomic E-state index is 13.9. The first kappa shape index (κ1) is 15.2. The largest absolute Gasteiger partial charge is 0.494 e. The van der Waals surface area contributed by atoms with Gasteiger partial charge in [0, 0.05) is 49.0 Å². The van der Waals surface area contributed by atoms with Crippen molar-refractivity contribution in [1.29, 1.82) is 5.26 Å². The Hall–Kier alpha value is -2.39. The zero-order chi connectivity index (χ0) is 16.7. The topological polar surface area (TPSA) is 52.4 Å². The number of pyridine rings is 1. The number of piperazine rings is 1. The SMILES string of the molecule is COc1cc2c(N3CCN(C4CC4)C(C#N)C3)ccnc2cc1F. The third kappa shape index (κ3) is 2.55. The van der Waals surface area contributed by atoms with Crippen LogP contribution in [0.5, 0.6) is 5.75 Å². The highest BCUT2D eigenvalue weighted by atomic mass is 19.1. The Bertz CT molecular complexity index is 815. The van der Waals surface area contributed by atoms with E-state index in [1.807, 2.05) is 6.07 Å². The molecule has 1 unspecified atom stereocenters. The van der Waals surface area contributed by atoms with Gasteiger partial charge in [-0.15, -0.1) is 0 Å². The molecular formula is C18H19FN4O. The number of nitriles is 1. The van der Waals surface area contributed by atoms with Gasteiger partial charge in [-0.1, -0.05) is 0 Å². The number of hydrogen-bond acceptors (Lipinski definition) is 5. The van der Waals surface area contributed by atoms with Crippen molar-refractivity contribution in [3.8, 4) is 11.8 Å². The van der Waals surface area contributed by atoms with Crippen molar-refractivity contribution in [2.45, 2.75) is 24.9 Å². The molecule has 1 saturated carbocycles. The first-order valence-corrected chi connectivity index (χ1v) is 8.24. The lowest BCUT2D eigenvalue weighted by Crippen LogP contribution is -2.53. The van der Waals surface area contributed by atoms with Gasteiger partial charge >= 0.3 is 0 Å². The van der Waals surface area contributed by atoms with Crippen LogP contribution in [-0.2, 0) is 0 Å². The van der Waals surface area contributed by atoms with Gasteiger partial charge in [-0.2, -0.15) is 5.26 Å². The molecule has 0 amide bonds. The normalized spacial score (nSPS) is 21.7. The third-order valence-electron chi connectivity index (χ3n) is 4.92. The fourth-order valence-electron chi connectivity index (χ4n) is 3.54. The number of aromatic nitrogens is 1. The number of hydrogen-bond donors (Lipinski definition) is 0. The molecule has 1 aromatic heterocycles. The van der Waals surface area contributed by atoms with Crippen molar-refractivity contribution in [3.05, 3.63) is 30.2 Å². The molecule has 4 rings (SSSR count). The van der Waals surface area contributed by atoms with Crippen LogP contribution in [0.3, 0.4) is 0 Å². The second-order valence-corrected chi connectivity index (χ2v) is 6.39. The Kier molecular flexibility index (Phi) is 3.73. The molecule has 1 saturated heterocycles. The maximum absolute atomic E-state index is 13.9. The van der Waals surface area contributed by atoms with Crippen LogP contribution in [0.15, 0.2) is 24.4 Å². The molecule has 24 heavy (non-hydrogen) atoms. The third-order valence-corrected chi connectivity index (χ3v) is 4.92. The molecule has 0 radical (unpaired) electrons. The lowest BCUT2D eigenvalue weighted by molar-refractivity contribution is 0.204. The number of nitrogens with zero attached hydrogens (tertiary/aromatic N) is 4. The molecule has 124 valence electrons. The molecule has 0 spiro atoms. The lowest BCUT2D eigenvalue weighted by atomic mass is 10.1. The molecule has 6 heteroatoms. The Morgan fingerprint density at radius 2 is 2.17 bits per heavy atom. The van der Waals surface area contributed by atoms with Gasteiger partial charge in [0.05, 0.1) is 18.7 Å². The molecule has 1 aliphatic heterocycles. The van der Waals surface area contributed by atoms with Crippen LogP contribution in [0.2, 0.25) is 0 Å². The van der Waals surface area contributed by atoms with Crippen LogP contribution >= 0.6 is 0 Å². The number of anilines is 1. The summed E-state index contributed by atoms with van der Waals surface area (Å²) >= 11 is 0. The van der Waals surface area contributed by atoms with Gasteiger partial charge in [0.25, 0.3) is 0 Å². The monoisotopic (exact) mass is 326 g/mol. The predicted octanol–water partition coefficient (Wildman–Crippen LogP) is 2.56. The van der Waals surface area contributed by atoms with Gasteiger partial charge in [0.1, 0.15) is 6.04 Å². The maximum Gasteiger partial charge on any atom is 0.167 e. The molecule has 2 heterocycles. The van der Waals surface area contributed by atoms with Gasteiger partial charge in [0.2, 0.25) is 0 Å². The van der Waals surface area contributed by atoms with Crippen molar-refractivity contribution in [2.24, 2.45) is 0 Å². The van der Waals surface area contributed by atoms with E-state index in [2.05, 4.69) is 20.9 Å². The van der Waals surface area contributed by atoms with Crippen LogP contribution in [-0.4, -0.2) is 48.7 Å². The van der Waals surface area contributed by atoms with E-state index in [0.29, 0.717) is 18.1 Å². The van der Waals surface area contributed by atoms with Crippen LogP contribution in [0.4, 0.5) is 10.1 Å². The number of methoxy groups -OCH3 is 1. The van der Waals surface area contributed by atoms with Crippen LogP contribution < -0.4 is 9.64 Å². The van der Waals surface area contributed by atoms with Crippen molar-refractivity contribution >= 4 is 16.6 Å². The highest BCUT2D eigenvalue weighted by Crippen LogP contribution is 2.34. The molecule has 1 aliphatic carbocycles. The van der Waals surface area contributed by atoms with E-state index in [4.69, 9.17) is 4.74 Å². The summed E-state index contributed by atoms with van der Waals surface area (Å²) in [6.07, 6.45) is 4.10. The first-order chi connectivity index (χ1) is 11.7. The summed E-state index contributed by atoms with van der Waals surface area (Å²) in [6, 6.07) is 7.95. The zero-order valence-corrected chi connectivity index (χ0v) is 13.6. The Balaban J connectivity index is 1.70. The molecule has 1 aromatic carbocycles. The molecule has 2 aliphatic rings. The zero-order valence-electron chi connectivity index (χ0n) is 13.6. The van der Waals surface area contributed by atoms with E-state index in [1.54, 1.807) is 12.3 Å². The highest BCUT2D eigenvalue weighted by Gasteiger charge is 2.37. The van der Waals surface area contributed by atoms with Gasteiger partial charge in [-0.3, -0.25) is 9.88 Å². The lowest BCUT2D eigenvalue weighted by Gasteiger charge is -2.40. The number of benzene rings is 1. The van der Waals surface area contributed by atoms with Crippen molar-refractivity contribution in [2.75, 3.05) is 31.6 Å². The average molecular weight is 326 g/mol. The number of halogens is 1. The Morgan fingerprint density at radius 1 is 1.33 bits per heavy atom. The van der Waals surface area contributed by atoms with E-state index < -0.39 is 5.82 Å². The minimum atomic E-state index is -0.414. The van der Waals surface area contributed by atoms with Gasteiger partial charge in [0.15, 0.2) is 11.6 Å². The highest BCUT2D eigenvalue weighted by molar-refractivity contribution is 5.92. The second-order valence-electron chi connectivity index (χ2n) is 6.39. The van der Waals surface area contributed by atoms with Crippen LogP contribution in [0, 0.1) is 17.1 Å². The summed E-state index contributed by atoms with van der Waals surface area (Å²) in [4.78, 5) is 8.79. The fraction of sp³-hybridized carbons (Fsp3) is 0.444. The molecule has 1 atom stereocenters. The van der Waals surface area contributed by atoms with E-state index >= 15 is 0 Å². The first-order valence-electron chi connectivity index (χ1n) is 8.24. The average Bonchev–Trinajstić information content (AvgIpc) is 3.45. The molecular weight excluding hydrogens is 307 g/mol. The summed E-state index contributed by atoms with van der Waals surface area (Å²) < 4.78 is 19.0. The summed E-state index contributed by atoms with van der Waals surface area (Å²) in [5.74, 6) is -0.201. The smallest absolute Gasteiger partial charge is 0.167 e. The molecule has 5 nitrogen and oxygen atoms in total. The molecule has 2 aromatic rings. The summed E-state index contributed by atoms with van der Waals surface area (Å²) in [5.41, 5.74) is 1.58. The van der Waals surface area contributed by atoms with Crippen LogP contribution in [0.1, 0.15) is 12.8 Å². The predicted molar refractivity (Wildman–Crippen MR) is 89.6 cm³/mol. The van der Waals surface area contributed by atoms with E-state index in [9.17, 15) is 9.65 Å². The number of ether oxygens (including phenoxy) is 1.